The van der Waals surface area contributed by atoms with Crippen LogP contribution < -0.4 is 5.76 Å². The van der Waals surface area contributed by atoms with E-state index in [1.165, 1.54) is 0 Å². The number of rotatable bonds is 3. The minimum Gasteiger partial charge on any atom is -0.408 e. The zero-order valence-corrected chi connectivity index (χ0v) is 11.3. The highest BCUT2D eigenvalue weighted by Crippen LogP contribution is 2.17. The van der Waals surface area contributed by atoms with Gasteiger partial charge in [-0.15, -0.1) is 0 Å². The van der Waals surface area contributed by atoms with E-state index in [2.05, 4.69) is 20.1 Å². The summed E-state index contributed by atoms with van der Waals surface area (Å²) in [5, 5.41) is 3.92. The summed E-state index contributed by atoms with van der Waals surface area (Å²) in [7, 11) is 0. The Morgan fingerprint density at radius 3 is 3.00 bits per heavy atom. The first kappa shape index (κ1) is 12.5. The number of oxazole rings is 1. The third-order valence-electron chi connectivity index (χ3n) is 3.20. The molecular weight excluding hydrogens is 284 g/mol. The van der Waals surface area contributed by atoms with Gasteiger partial charge in [0.05, 0.1) is 11.9 Å². The fraction of sp³-hybridized carbons (Fsp3) is 0.0667. The summed E-state index contributed by atoms with van der Waals surface area (Å²) >= 11 is 0. The van der Waals surface area contributed by atoms with Crippen molar-refractivity contribution in [2.24, 2.45) is 0 Å². The molecule has 0 radical (unpaired) electrons. The Bertz CT molecular complexity index is 985. The van der Waals surface area contributed by atoms with Crippen molar-refractivity contribution >= 4 is 11.1 Å². The number of hydrogen-bond donors (Lipinski definition) is 1. The highest BCUT2D eigenvalue weighted by atomic mass is 16.5. The van der Waals surface area contributed by atoms with E-state index in [1.807, 2.05) is 30.3 Å². The molecule has 3 aromatic heterocycles. The molecule has 0 aliphatic heterocycles. The first-order valence-corrected chi connectivity index (χ1v) is 6.64. The van der Waals surface area contributed by atoms with E-state index < -0.39 is 5.76 Å². The molecule has 0 saturated heterocycles. The third-order valence-corrected chi connectivity index (χ3v) is 3.20. The second kappa shape index (κ2) is 4.96. The highest BCUT2D eigenvalue weighted by molar-refractivity contribution is 5.72. The number of aromatic amines is 1. The smallest absolute Gasteiger partial charge is 0.408 e. The molecule has 0 bridgehead atoms. The number of benzene rings is 1. The number of nitrogens with one attached hydrogen (secondary N) is 1. The standard InChI is InChI=1S/C15H10N4O3/c20-15-17-11-7-9(4-5-12(11)21-15)8-13-18-14(19-22-13)10-3-1-2-6-16-10/h1-7H,8H2,(H,17,20). The van der Waals surface area contributed by atoms with Gasteiger partial charge in [-0.2, -0.15) is 4.98 Å². The predicted octanol–water partition coefficient (Wildman–Crippen LogP) is 2.16. The molecule has 0 atom stereocenters. The molecule has 0 aliphatic carbocycles. The maximum Gasteiger partial charge on any atom is 0.417 e. The molecule has 7 heteroatoms. The van der Waals surface area contributed by atoms with Gasteiger partial charge in [0.2, 0.25) is 11.7 Å². The van der Waals surface area contributed by atoms with Crippen LogP contribution in [0.3, 0.4) is 0 Å². The fourth-order valence-corrected chi connectivity index (χ4v) is 2.21. The lowest BCUT2D eigenvalue weighted by atomic mass is 10.1. The van der Waals surface area contributed by atoms with Crippen molar-refractivity contribution in [2.45, 2.75) is 6.42 Å². The molecule has 0 fully saturated rings. The Labute approximate surface area is 123 Å². The Morgan fingerprint density at radius 2 is 2.14 bits per heavy atom. The number of aromatic nitrogens is 4. The average Bonchev–Trinajstić information content (AvgIpc) is 3.13. The second-order valence-corrected chi connectivity index (χ2v) is 4.75. The molecule has 0 spiro atoms. The van der Waals surface area contributed by atoms with E-state index in [4.69, 9.17) is 8.94 Å². The lowest BCUT2D eigenvalue weighted by Gasteiger charge is -1.95. The fourth-order valence-electron chi connectivity index (χ4n) is 2.21. The molecule has 0 aliphatic rings. The van der Waals surface area contributed by atoms with Crippen molar-refractivity contribution in [3.8, 4) is 11.5 Å². The van der Waals surface area contributed by atoms with Crippen molar-refractivity contribution in [1.82, 2.24) is 20.1 Å². The van der Waals surface area contributed by atoms with Gasteiger partial charge in [-0.25, -0.2) is 4.79 Å². The van der Waals surface area contributed by atoms with Crippen LogP contribution in [0, 0.1) is 0 Å². The molecule has 4 aromatic rings. The van der Waals surface area contributed by atoms with Gasteiger partial charge in [0, 0.05) is 6.20 Å². The van der Waals surface area contributed by atoms with E-state index in [0.29, 0.717) is 34.9 Å². The van der Waals surface area contributed by atoms with Crippen LogP contribution >= 0.6 is 0 Å². The van der Waals surface area contributed by atoms with E-state index >= 15 is 0 Å². The summed E-state index contributed by atoms with van der Waals surface area (Å²) < 4.78 is 10.2. The largest absolute Gasteiger partial charge is 0.417 e. The van der Waals surface area contributed by atoms with Crippen LogP contribution in [0.2, 0.25) is 0 Å². The van der Waals surface area contributed by atoms with Crippen LogP contribution in [-0.4, -0.2) is 20.1 Å². The number of H-pyrrole nitrogens is 1. The van der Waals surface area contributed by atoms with Crippen molar-refractivity contribution in [3.05, 3.63) is 64.6 Å². The normalized spacial score (nSPS) is 11.1. The molecule has 108 valence electrons. The zero-order valence-electron chi connectivity index (χ0n) is 11.3. The molecule has 1 N–H and O–H groups in total. The summed E-state index contributed by atoms with van der Waals surface area (Å²) in [6, 6.07) is 10.9. The van der Waals surface area contributed by atoms with Gasteiger partial charge >= 0.3 is 5.76 Å². The van der Waals surface area contributed by atoms with Crippen LogP contribution in [0.4, 0.5) is 0 Å². The zero-order chi connectivity index (χ0) is 14.9. The quantitative estimate of drug-likeness (QED) is 0.621. The monoisotopic (exact) mass is 294 g/mol. The maximum atomic E-state index is 11.1. The van der Waals surface area contributed by atoms with Crippen LogP contribution in [0.15, 0.2) is 56.3 Å². The number of fused-ring (bicyclic) bond motifs is 1. The van der Waals surface area contributed by atoms with Gasteiger partial charge < -0.3 is 8.94 Å². The Balaban J connectivity index is 1.62. The molecule has 1 aromatic carbocycles. The van der Waals surface area contributed by atoms with Crippen molar-refractivity contribution in [1.29, 1.82) is 0 Å². The molecule has 0 saturated carbocycles. The summed E-state index contributed by atoms with van der Waals surface area (Å²) in [4.78, 5) is 22.3. The minimum atomic E-state index is -0.470. The van der Waals surface area contributed by atoms with Gasteiger partial charge in [-0.3, -0.25) is 9.97 Å². The van der Waals surface area contributed by atoms with E-state index in [9.17, 15) is 4.79 Å². The average molecular weight is 294 g/mol. The molecule has 22 heavy (non-hydrogen) atoms. The topological polar surface area (TPSA) is 97.8 Å². The lowest BCUT2D eigenvalue weighted by Crippen LogP contribution is -1.93. The van der Waals surface area contributed by atoms with Gasteiger partial charge in [0.15, 0.2) is 5.58 Å². The highest BCUT2D eigenvalue weighted by Gasteiger charge is 2.11. The summed E-state index contributed by atoms with van der Waals surface area (Å²) in [6.45, 7) is 0. The maximum absolute atomic E-state index is 11.1. The van der Waals surface area contributed by atoms with Crippen LogP contribution in [0.25, 0.3) is 22.6 Å². The number of nitrogens with zero attached hydrogens (tertiary/aromatic N) is 3. The van der Waals surface area contributed by atoms with Gasteiger partial charge in [0.25, 0.3) is 0 Å². The summed E-state index contributed by atoms with van der Waals surface area (Å²) in [6.07, 6.45) is 2.14. The van der Waals surface area contributed by atoms with E-state index in [1.54, 1.807) is 12.3 Å². The minimum absolute atomic E-state index is 0.452. The Kier molecular flexibility index (Phi) is 2.82. The van der Waals surface area contributed by atoms with Crippen molar-refractivity contribution in [3.63, 3.8) is 0 Å². The van der Waals surface area contributed by atoms with Crippen molar-refractivity contribution in [2.75, 3.05) is 0 Å². The Hall–Kier alpha value is -3.22. The van der Waals surface area contributed by atoms with Crippen LogP contribution in [0.1, 0.15) is 11.5 Å². The van der Waals surface area contributed by atoms with Gasteiger partial charge in [-0.05, 0) is 29.8 Å². The molecule has 0 unspecified atom stereocenters. The first-order valence-electron chi connectivity index (χ1n) is 6.64. The Morgan fingerprint density at radius 1 is 1.18 bits per heavy atom. The molecule has 3 heterocycles. The number of pyridine rings is 1. The van der Waals surface area contributed by atoms with Gasteiger partial charge in [0.1, 0.15) is 5.69 Å². The molecule has 7 nitrogen and oxygen atoms in total. The third kappa shape index (κ3) is 2.28. The van der Waals surface area contributed by atoms with E-state index in [0.717, 1.165) is 5.56 Å². The SMILES string of the molecule is O=c1[nH]c2cc(Cc3nc(-c4ccccn4)no3)ccc2o1. The first-order chi connectivity index (χ1) is 10.8. The second-order valence-electron chi connectivity index (χ2n) is 4.75. The predicted molar refractivity (Wildman–Crippen MR) is 77.2 cm³/mol. The molecule has 4 rings (SSSR count). The molecular formula is C15H10N4O3. The van der Waals surface area contributed by atoms with E-state index in [-0.39, 0.29) is 0 Å². The van der Waals surface area contributed by atoms with Crippen LogP contribution in [-0.2, 0) is 6.42 Å². The summed E-state index contributed by atoms with van der Waals surface area (Å²) in [5.41, 5.74) is 2.76. The number of hydrogen-bond acceptors (Lipinski definition) is 6. The van der Waals surface area contributed by atoms with Crippen molar-refractivity contribution < 1.29 is 8.94 Å². The van der Waals surface area contributed by atoms with Crippen LogP contribution in [0.5, 0.6) is 0 Å². The molecule has 0 amide bonds. The lowest BCUT2D eigenvalue weighted by molar-refractivity contribution is 0.385. The van der Waals surface area contributed by atoms with Gasteiger partial charge in [-0.1, -0.05) is 17.3 Å². The summed E-state index contributed by atoms with van der Waals surface area (Å²) in [5.74, 6) is 0.460.